The van der Waals surface area contributed by atoms with Crippen molar-refractivity contribution in [3.63, 3.8) is 0 Å². The topological polar surface area (TPSA) is 29.3 Å². The molecule has 0 heterocycles. The van der Waals surface area contributed by atoms with E-state index in [-0.39, 0.29) is 11.9 Å². The fourth-order valence-corrected chi connectivity index (χ4v) is 2.35. The maximum atomic E-state index is 12.8. The van der Waals surface area contributed by atoms with Gasteiger partial charge in [-0.25, -0.2) is 4.39 Å². The quantitative estimate of drug-likeness (QED) is 0.876. The molecule has 2 nitrogen and oxygen atoms in total. The highest BCUT2D eigenvalue weighted by Gasteiger charge is 2.08. The highest BCUT2D eigenvalue weighted by molar-refractivity contribution is 5.17. The maximum Gasteiger partial charge on any atom is 0.123 e. The second kappa shape index (κ2) is 7.17. The van der Waals surface area contributed by atoms with Gasteiger partial charge in [0.1, 0.15) is 5.82 Å². The van der Waals surface area contributed by atoms with E-state index in [1.807, 2.05) is 37.4 Å². The molecule has 20 heavy (non-hydrogen) atoms. The highest BCUT2D eigenvalue weighted by Crippen LogP contribution is 2.07. The lowest BCUT2D eigenvalue weighted by Crippen LogP contribution is -2.36. The number of nitrogens with zero attached hydrogens (tertiary/aromatic N) is 1. The Balaban J connectivity index is 1.81. The summed E-state index contributed by atoms with van der Waals surface area (Å²) < 4.78 is 12.8. The Morgan fingerprint density at radius 2 is 1.65 bits per heavy atom. The molecule has 0 aliphatic rings. The van der Waals surface area contributed by atoms with Crippen molar-refractivity contribution in [1.82, 2.24) is 4.90 Å². The van der Waals surface area contributed by atoms with E-state index in [2.05, 4.69) is 17.0 Å². The monoisotopic (exact) mass is 272 g/mol. The molecule has 0 amide bonds. The van der Waals surface area contributed by atoms with E-state index in [1.54, 1.807) is 0 Å². The molecule has 2 N–H and O–H groups in total. The molecule has 0 saturated carbocycles. The van der Waals surface area contributed by atoms with Crippen molar-refractivity contribution in [2.75, 3.05) is 13.6 Å². The Labute approximate surface area is 120 Å². The molecule has 0 aromatic heterocycles. The summed E-state index contributed by atoms with van der Waals surface area (Å²) in [6.07, 6.45) is 0.870. The van der Waals surface area contributed by atoms with Crippen molar-refractivity contribution in [3.05, 3.63) is 71.5 Å². The van der Waals surface area contributed by atoms with Gasteiger partial charge in [-0.1, -0.05) is 42.5 Å². The second-order valence-electron chi connectivity index (χ2n) is 5.27. The predicted molar refractivity (Wildman–Crippen MR) is 80.9 cm³/mol. The van der Waals surface area contributed by atoms with Gasteiger partial charge < -0.3 is 10.6 Å². The third-order valence-corrected chi connectivity index (χ3v) is 3.25. The first-order valence-corrected chi connectivity index (χ1v) is 6.86. The van der Waals surface area contributed by atoms with E-state index >= 15 is 0 Å². The minimum atomic E-state index is -0.197. The summed E-state index contributed by atoms with van der Waals surface area (Å²) in [5.74, 6) is -0.197. The van der Waals surface area contributed by atoms with Crippen LogP contribution in [0.1, 0.15) is 11.1 Å². The normalized spacial score (nSPS) is 12.6. The Kier molecular flexibility index (Phi) is 5.27. The van der Waals surface area contributed by atoms with Crippen LogP contribution in [-0.2, 0) is 13.0 Å². The van der Waals surface area contributed by atoms with Crippen LogP contribution in [0.2, 0.25) is 0 Å². The van der Waals surface area contributed by atoms with Gasteiger partial charge in [0.05, 0.1) is 0 Å². The van der Waals surface area contributed by atoms with Crippen molar-refractivity contribution >= 4 is 0 Å². The second-order valence-corrected chi connectivity index (χ2v) is 5.27. The van der Waals surface area contributed by atoms with Crippen molar-refractivity contribution in [3.8, 4) is 0 Å². The van der Waals surface area contributed by atoms with Crippen LogP contribution in [-0.4, -0.2) is 24.5 Å². The molecule has 106 valence electrons. The van der Waals surface area contributed by atoms with Gasteiger partial charge in [0, 0.05) is 19.1 Å². The molecule has 0 aliphatic heterocycles. The molecule has 2 rings (SSSR count). The lowest BCUT2D eigenvalue weighted by molar-refractivity contribution is 0.302. The summed E-state index contributed by atoms with van der Waals surface area (Å²) in [7, 11) is 2.04. The fourth-order valence-electron chi connectivity index (χ4n) is 2.35. The summed E-state index contributed by atoms with van der Waals surface area (Å²) in [5, 5.41) is 0. The van der Waals surface area contributed by atoms with Gasteiger partial charge in [0.2, 0.25) is 0 Å². The van der Waals surface area contributed by atoms with Crippen LogP contribution in [0.15, 0.2) is 54.6 Å². The minimum Gasteiger partial charge on any atom is -0.326 e. The third-order valence-electron chi connectivity index (χ3n) is 3.25. The van der Waals surface area contributed by atoms with Gasteiger partial charge in [-0.2, -0.15) is 0 Å². The van der Waals surface area contributed by atoms with Gasteiger partial charge in [-0.15, -0.1) is 0 Å². The highest BCUT2D eigenvalue weighted by atomic mass is 19.1. The zero-order valence-corrected chi connectivity index (χ0v) is 11.8. The Morgan fingerprint density at radius 1 is 1.00 bits per heavy atom. The molecule has 2 aromatic carbocycles. The average molecular weight is 272 g/mol. The number of hydrogen-bond donors (Lipinski definition) is 1. The summed E-state index contributed by atoms with van der Waals surface area (Å²) in [6.45, 7) is 1.59. The van der Waals surface area contributed by atoms with E-state index in [4.69, 9.17) is 5.73 Å². The zero-order chi connectivity index (χ0) is 14.4. The number of benzene rings is 2. The number of halogens is 1. The molecular formula is C17H21FN2. The average Bonchev–Trinajstić information content (AvgIpc) is 2.42. The molecule has 2 aromatic rings. The molecule has 0 bridgehead atoms. The van der Waals surface area contributed by atoms with Crippen molar-refractivity contribution < 1.29 is 4.39 Å². The smallest absolute Gasteiger partial charge is 0.123 e. The number of hydrogen-bond acceptors (Lipinski definition) is 2. The van der Waals surface area contributed by atoms with Crippen LogP contribution >= 0.6 is 0 Å². The molecule has 1 unspecified atom stereocenters. The van der Waals surface area contributed by atoms with E-state index in [1.165, 1.54) is 17.7 Å². The summed E-state index contributed by atoms with van der Waals surface area (Å²) in [5.41, 5.74) is 8.54. The lowest BCUT2D eigenvalue weighted by Gasteiger charge is -2.21. The summed E-state index contributed by atoms with van der Waals surface area (Å²) in [6, 6.07) is 17.0. The van der Waals surface area contributed by atoms with Crippen molar-refractivity contribution in [2.24, 2.45) is 5.73 Å². The van der Waals surface area contributed by atoms with Crippen molar-refractivity contribution in [2.45, 2.75) is 19.0 Å². The van der Waals surface area contributed by atoms with Crippen LogP contribution < -0.4 is 5.73 Å². The van der Waals surface area contributed by atoms with Crippen LogP contribution in [0.3, 0.4) is 0 Å². The van der Waals surface area contributed by atoms with Crippen molar-refractivity contribution in [1.29, 1.82) is 0 Å². The van der Waals surface area contributed by atoms with Gasteiger partial charge >= 0.3 is 0 Å². The van der Waals surface area contributed by atoms with E-state index < -0.39 is 0 Å². The summed E-state index contributed by atoms with van der Waals surface area (Å²) in [4.78, 5) is 2.17. The van der Waals surface area contributed by atoms with Gasteiger partial charge in [0.15, 0.2) is 0 Å². The predicted octanol–water partition coefficient (Wildman–Crippen LogP) is 2.83. The Morgan fingerprint density at radius 3 is 2.30 bits per heavy atom. The number of nitrogens with two attached hydrogens (primary N) is 1. The number of likely N-dealkylation sites (N-methyl/N-ethyl adjacent to an activating group) is 1. The van der Waals surface area contributed by atoms with Gasteiger partial charge in [0.25, 0.3) is 0 Å². The molecular weight excluding hydrogens is 251 g/mol. The minimum absolute atomic E-state index is 0.0999. The largest absolute Gasteiger partial charge is 0.326 e. The summed E-state index contributed by atoms with van der Waals surface area (Å²) >= 11 is 0. The molecule has 0 fully saturated rings. The van der Waals surface area contributed by atoms with Gasteiger partial charge in [-0.05, 0) is 36.7 Å². The molecule has 0 radical (unpaired) electrons. The van der Waals surface area contributed by atoms with Crippen LogP contribution in [0.5, 0.6) is 0 Å². The van der Waals surface area contributed by atoms with Crippen LogP contribution in [0, 0.1) is 5.82 Å². The Bertz CT molecular complexity index is 510. The Hall–Kier alpha value is -1.71. The molecule has 0 aliphatic carbocycles. The molecule has 3 heteroatoms. The standard InChI is InChI=1S/C17H21FN2/c1-20(12-15-7-9-16(18)10-8-15)13-17(19)11-14-5-3-2-4-6-14/h2-10,17H,11-13,19H2,1H3. The third kappa shape index (κ3) is 4.76. The number of rotatable bonds is 6. The first kappa shape index (κ1) is 14.7. The molecule has 1 atom stereocenters. The van der Waals surface area contributed by atoms with Crippen LogP contribution in [0.25, 0.3) is 0 Å². The van der Waals surface area contributed by atoms with Gasteiger partial charge in [-0.3, -0.25) is 0 Å². The zero-order valence-electron chi connectivity index (χ0n) is 11.8. The maximum absolute atomic E-state index is 12.8. The fraction of sp³-hybridized carbons (Fsp3) is 0.294. The SMILES string of the molecule is CN(Cc1ccc(F)cc1)CC(N)Cc1ccccc1. The first-order chi connectivity index (χ1) is 9.63. The lowest BCUT2D eigenvalue weighted by atomic mass is 10.1. The molecule has 0 spiro atoms. The van der Waals surface area contributed by atoms with E-state index in [9.17, 15) is 4.39 Å². The van der Waals surface area contributed by atoms with E-state index in [0.29, 0.717) is 0 Å². The van der Waals surface area contributed by atoms with Crippen LogP contribution in [0.4, 0.5) is 4.39 Å². The van der Waals surface area contributed by atoms with E-state index in [0.717, 1.165) is 25.1 Å². The first-order valence-electron chi connectivity index (χ1n) is 6.86. The molecule has 0 saturated heterocycles.